The van der Waals surface area contributed by atoms with Crippen molar-refractivity contribution >= 4 is 23.0 Å². The Balaban J connectivity index is 1.64. The van der Waals surface area contributed by atoms with Gasteiger partial charge >= 0.3 is 0 Å². The number of hydrogen-bond donors (Lipinski definition) is 0. The molecule has 1 aromatic heterocycles. The quantitative estimate of drug-likeness (QED) is 0.291. The maximum atomic E-state index is 5.31. The molecule has 4 aromatic carbocycles. The van der Waals surface area contributed by atoms with E-state index in [0.29, 0.717) is 0 Å². The third-order valence-corrected chi connectivity index (χ3v) is 6.23. The number of benzene rings is 4. The first-order valence-electron chi connectivity index (χ1n) is 11.5. The maximum absolute atomic E-state index is 5.31. The minimum absolute atomic E-state index is 0.00875. The van der Waals surface area contributed by atoms with Gasteiger partial charge in [0.15, 0.2) is 11.6 Å². The van der Waals surface area contributed by atoms with Crippen molar-refractivity contribution in [2.45, 2.75) is 13.1 Å². The van der Waals surface area contributed by atoms with Gasteiger partial charge in [-0.2, -0.15) is 0 Å². The Bertz CT molecular complexity index is 1290. The third kappa shape index (κ3) is 3.41. The van der Waals surface area contributed by atoms with Gasteiger partial charge in [-0.15, -0.1) is 0 Å². The SMILES string of the molecule is CC1N(c2ccccc2)c2nc(-c3ccccc3)c(-c3ccccc3)nc2N1c1ccccc1. The highest BCUT2D eigenvalue weighted by Gasteiger charge is 2.38. The molecule has 0 bridgehead atoms. The van der Waals surface area contributed by atoms with E-state index in [2.05, 4.69) is 89.5 Å². The van der Waals surface area contributed by atoms with Gasteiger partial charge < -0.3 is 9.80 Å². The Labute approximate surface area is 199 Å². The first kappa shape index (κ1) is 20.2. The van der Waals surface area contributed by atoms with E-state index in [1.807, 2.05) is 48.5 Å². The number of para-hydroxylation sites is 2. The Morgan fingerprint density at radius 3 is 1.15 bits per heavy atom. The number of nitrogens with zero attached hydrogens (tertiary/aromatic N) is 4. The highest BCUT2D eigenvalue weighted by Crippen LogP contribution is 2.47. The molecule has 34 heavy (non-hydrogen) atoms. The van der Waals surface area contributed by atoms with Crippen LogP contribution < -0.4 is 9.80 Å². The molecule has 0 fully saturated rings. The molecule has 0 saturated carbocycles. The minimum Gasteiger partial charge on any atom is -0.302 e. The second kappa shape index (κ2) is 8.49. The zero-order valence-electron chi connectivity index (χ0n) is 18.9. The van der Waals surface area contributed by atoms with E-state index >= 15 is 0 Å². The van der Waals surface area contributed by atoms with E-state index < -0.39 is 0 Å². The van der Waals surface area contributed by atoms with Crippen molar-refractivity contribution in [3.63, 3.8) is 0 Å². The van der Waals surface area contributed by atoms with E-state index in [4.69, 9.17) is 9.97 Å². The van der Waals surface area contributed by atoms with Crippen LogP contribution in [-0.2, 0) is 0 Å². The number of hydrogen-bond acceptors (Lipinski definition) is 4. The maximum Gasteiger partial charge on any atom is 0.179 e. The van der Waals surface area contributed by atoms with Crippen LogP contribution in [0.2, 0.25) is 0 Å². The number of fused-ring (bicyclic) bond motifs is 1. The number of rotatable bonds is 4. The van der Waals surface area contributed by atoms with Gasteiger partial charge in [-0.25, -0.2) is 9.97 Å². The van der Waals surface area contributed by atoms with Crippen LogP contribution in [0.25, 0.3) is 22.5 Å². The van der Waals surface area contributed by atoms with Gasteiger partial charge in [0, 0.05) is 22.5 Å². The molecule has 0 amide bonds. The fourth-order valence-electron chi connectivity index (χ4n) is 4.66. The summed E-state index contributed by atoms with van der Waals surface area (Å²) < 4.78 is 0. The van der Waals surface area contributed by atoms with Gasteiger partial charge in [0.05, 0.1) is 11.4 Å². The molecule has 0 unspecified atom stereocenters. The first-order valence-corrected chi connectivity index (χ1v) is 11.5. The first-order chi connectivity index (χ1) is 16.8. The summed E-state index contributed by atoms with van der Waals surface area (Å²) in [6.07, 6.45) is 0.00875. The fraction of sp³-hybridized carbons (Fsp3) is 0.0667. The average Bonchev–Trinajstić information content (AvgIpc) is 3.20. The van der Waals surface area contributed by atoms with Gasteiger partial charge in [-0.1, -0.05) is 97.1 Å². The lowest BCUT2D eigenvalue weighted by Gasteiger charge is -2.29. The zero-order chi connectivity index (χ0) is 22.9. The Kier molecular flexibility index (Phi) is 5.04. The number of anilines is 4. The van der Waals surface area contributed by atoms with Crippen molar-refractivity contribution in [1.82, 2.24) is 9.97 Å². The second-order valence-corrected chi connectivity index (χ2v) is 8.34. The summed E-state index contributed by atoms with van der Waals surface area (Å²) in [5.74, 6) is 1.72. The Morgan fingerprint density at radius 2 is 0.794 bits per heavy atom. The van der Waals surface area contributed by atoms with Crippen molar-refractivity contribution in [2.75, 3.05) is 9.80 Å². The lowest BCUT2D eigenvalue weighted by Crippen LogP contribution is -2.35. The standard InChI is InChI=1S/C30H24N4/c1-22-33(25-18-10-4-11-19-25)29-30(34(22)26-20-12-5-13-21-26)32-28(24-16-8-3-9-17-24)27(31-29)23-14-6-2-7-15-23/h2-22H,1H3. The topological polar surface area (TPSA) is 32.3 Å². The molecule has 0 saturated heterocycles. The van der Waals surface area contributed by atoms with Crippen molar-refractivity contribution < 1.29 is 0 Å². The van der Waals surface area contributed by atoms with E-state index in [1.54, 1.807) is 0 Å². The highest BCUT2D eigenvalue weighted by atomic mass is 15.5. The molecule has 6 rings (SSSR count). The molecule has 0 spiro atoms. The molecule has 4 nitrogen and oxygen atoms in total. The molecule has 0 atom stereocenters. The lowest BCUT2D eigenvalue weighted by atomic mass is 10.0. The molecule has 164 valence electrons. The smallest absolute Gasteiger partial charge is 0.179 e. The predicted molar refractivity (Wildman–Crippen MR) is 140 cm³/mol. The normalized spacial score (nSPS) is 13.2. The van der Waals surface area contributed by atoms with Crippen molar-refractivity contribution in [3.8, 4) is 22.5 Å². The third-order valence-electron chi connectivity index (χ3n) is 6.23. The molecule has 2 heterocycles. The molecule has 1 aliphatic heterocycles. The molecule has 0 radical (unpaired) electrons. The summed E-state index contributed by atoms with van der Waals surface area (Å²) in [5, 5.41) is 0. The summed E-state index contributed by atoms with van der Waals surface area (Å²) in [4.78, 5) is 15.2. The molecular weight excluding hydrogens is 416 g/mol. The van der Waals surface area contributed by atoms with Crippen LogP contribution in [0.3, 0.4) is 0 Å². The van der Waals surface area contributed by atoms with Crippen molar-refractivity contribution in [1.29, 1.82) is 0 Å². The van der Waals surface area contributed by atoms with Gasteiger partial charge in [0.2, 0.25) is 0 Å². The summed E-state index contributed by atoms with van der Waals surface area (Å²) >= 11 is 0. The van der Waals surface area contributed by atoms with E-state index in [1.165, 1.54) is 0 Å². The predicted octanol–water partition coefficient (Wildman–Crippen LogP) is 7.45. The molecule has 0 N–H and O–H groups in total. The molecule has 1 aliphatic rings. The van der Waals surface area contributed by atoms with Crippen LogP contribution in [-0.4, -0.2) is 16.1 Å². The van der Waals surface area contributed by atoms with Gasteiger partial charge in [-0.3, -0.25) is 0 Å². The molecule has 4 heteroatoms. The van der Waals surface area contributed by atoms with Gasteiger partial charge in [-0.05, 0) is 31.2 Å². The van der Waals surface area contributed by atoms with Crippen LogP contribution in [0.1, 0.15) is 6.92 Å². The van der Waals surface area contributed by atoms with Crippen LogP contribution in [0.5, 0.6) is 0 Å². The van der Waals surface area contributed by atoms with E-state index in [-0.39, 0.29) is 6.17 Å². The largest absolute Gasteiger partial charge is 0.302 e. The average molecular weight is 441 g/mol. The molecular formula is C30H24N4. The monoisotopic (exact) mass is 440 g/mol. The molecule has 5 aromatic rings. The fourth-order valence-corrected chi connectivity index (χ4v) is 4.66. The van der Waals surface area contributed by atoms with Crippen LogP contribution >= 0.6 is 0 Å². The zero-order valence-corrected chi connectivity index (χ0v) is 18.9. The minimum atomic E-state index is 0.00875. The molecule has 0 aliphatic carbocycles. The van der Waals surface area contributed by atoms with Crippen molar-refractivity contribution in [3.05, 3.63) is 121 Å². The highest BCUT2D eigenvalue weighted by molar-refractivity contribution is 5.89. The Morgan fingerprint density at radius 1 is 0.471 bits per heavy atom. The summed E-state index contributed by atoms with van der Waals surface area (Å²) in [6.45, 7) is 2.20. The second-order valence-electron chi connectivity index (χ2n) is 8.34. The van der Waals surface area contributed by atoms with Crippen LogP contribution in [0, 0.1) is 0 Å². The van der Waals surface area contributed by atoms with Crippen molar-refractivity contribution in [2.24, 2.45) is 0 Å². The number of aromatic nitrogens is 2. The van der Waals surface area contributed by atoms with Gasteiger partial charge in [0.25, 0.3) is 0 Å². The van der Waals surface area contributed by atoms with Crippen LogP contribution in [0.4, 0.5) is 23.0 Å². The summed E-state index contributed by atoms with van der Waals surface area (Å²) in [7, 11) is 0. The summed E-state index contributed by atoms with van der Waals surface area (Å²) in [6, 6.07) is 41.5. The van der Waals surface area contributed by atoms with E-state index in [0.717, 1.165) is 45.5 Å². The van der Waals surface area contributed by atoms with Crippen LogP contribution in [0.15, 0.2) is 121 Å². The summed E-state index contributed by atoms with van der Waals surface area (Å²) in [5.41, 5.74) is 6.05. The Hall–Kier alpha value is -4.44. The van der Waals surface area contributed by atoms with Gasteiger partial charge in [0.1, 0.15) is 6.17 Å². The van der Waals surface area contributed by atoms with E-state index in [9.17, 15) is 0 Å². The lowest BCUT2D eigenvalue weighted by molar-refractivity contribution is 0.754.